The summed E-state index contributed by atoms with van der Waals surface area (Å²) in [4.78, 5) is 31.9. The monoisotopic (exact) mass is 567 g/mol. The van der Waals surface area contributed by atoms with Gasteiger partial charge in [0.15, 0.2) is 21.8 Å². The van der Waals surface area contributed by atoms with Crippen LogP contribution in [0.4, 0.5) is 10.3 Å². The molecule has 0 fully saturated rings. The fourth-order valence-electron chi connectivity index (χ4n) is 3.35. The van der Waals surface area contributed by atoms with Crippen LogP contribution in [0.1, 0.15) is 0 Å². The van der Waals surface area contributed by atoms with E-state index in [-0.39, 0.29) is 28.3 Å². The van der Waals surface area contributed by atoms with E-state index in [4.69, 9.17) is 0 Å². The second kappa shape index (κ2) is 12.4. The second-order valence-corrected chi connectivity index (χ2v) is 9.69. The summed E-state index contributed by atoms with van der Waals surface area (Å²) in [5.74, 6) is 0.0113. The molecule has 0 aliphatic heterocycles. The third-order valence-electron chi connectivity index (χ3n) is 5.13. The zero-order chi connectivity index (χ0) is 24.7. The van der Waals surface area contributed by atoms with Crippen molar-refractivity contribution < 1.29 is 26.4 Å². The molecule has 4 aromatic rings. The van der Waals surface area contributed by atoms with Crippen molar-refractivity contribution in [1.82, 2.24) is 9.97 Å². The van der Waals surface area contributed by atoms with Gasteiger partial charge in [0.2, 0.25) is 0 Å². The fraction of sp³-hybridized carbons (Fsp3) is 0. The third-order valence-corrected chi connectivity index (χ3v) is 7.06. The fourth-order valence-corrected chi connectivity index (χ4v) is 5.02. The average molecular weight is 568 g/mol. The zero-order valence-corrected chi connectivity index (χ0v) is 21.9. The Morgan fingerprint density at radius 1 is 0.595 bits per heavy atom. The van der Waals surface area contributed by atoms with Crippen molar-refractivity contribution >= 4 is 64.9 Å². The third kappa shape index (κ3) is 6.66. The summed E-state index contributed by atoms with van der Waals surface area (Å²) in [7, 11) is 0. The van der Waals surface area contributed by atoms with E-state index in [0.29, 0.717) is 11.1 Å². The van der Waals surface area contributed by atoms with Gasteiger partial charge >= 0.3 is 0 Å². The number of carbonyl (C=O) groups excluding carboxylic acids is 2. The number of fused-ring (bicyclic) bond motifs is 2. The summed E-state index contributed by atoms with van der Waals surface area (Å²) in [6.45, 7) is 0. The van der Waals surface area contributed by atoms with Gasteiger partial charge in [-0.25, -0.2) is 9.97 Å². The minimum absolute atomic E-state index is 0. The van der Waals surface area contributed by atoms with Crippen LogP contribution in [0, 0.1) is 0 Å². The van der Waals surface area contributed by atoms with Crippen molar-refractivity contribution in [3.8, 4) is 0 Å². The number of ketones is 2. The van der Waals surface area contributed by atoms with Gasteiger partial charge in [-0.1, -0.05) is 71.2 Å². The Hall–Kier alpha value is -3.89. The summed E-state index contributed by atoms with van der Waals surface area (Å²) >= 11 is 3.13. The number of allylic oxidation sites excluding steroid dienone is 10. The standard InChI is InChI=1S/2C14H10N2OS.Co/c2*17-12-7-3-1-5-10(12)9-15-14-16-11-6-2-4-8-13(11)18-14;/h2*1-9H,(H,15,16);. The molecule has 2 N–H and O–H groups in total. The predicted molar refractivity (Wildman–Crippen MR) is 149 cm³/mol. The van der Waals surface area contributed by atoms with Gasteiger partial charge in [0, 0.05) is 40.3 Å². The topological polar surface area (TPSA) is 84.0 Å². The molecule has 2 aliphatic rings. The van der Waals surface area contributed by atoms with Crippen molar-refractivity contribution in [2.45, 2.75) is 0 Å². The van der Waals surface area contributed by atoms with Crippen LogP contribution in [0.2, 0.25) is 0 Å². The molecule has 0 unspecified atom stereocenters. The molecule has 2 aromatic carbocycles. The molecule has 185 valence electrons. The van der Waals surface area contributed by atoms with Gasteiger partial charge in [-0.05, 0) is 48.6 Å². The van der Waals surface area contributed by atoms with E-state index in [0.717, 1.165) is 30.7 Å². The molecular weight excluding hydrogens is 547 g/mol. The maximum atomic E-state index is 11.5. The molecule has 0 saturated heterocycles. The molecule has 9 heteroatoms. The summed E-state index contributed by atoms with van der Waals surface area (Å²) in [6, 6.07) is 15.9. The Kier molecular flexibility index (Phi) is 8.75. The zero-order valence-electron chi connectivity index (χ0n) is 19.3. The van der Waals surface area contributed by atoms with Gasteiger partial charge in [0.05, 0.1) is 20.4 Å². The molecule has 0 atom stereocenters. The Morgan fingerprint density at radius 2 is 1.00 bits per heavy atom. The number of benzene rings is 2. The minimum atomic E-state index is 0. The molecule has 0 spiro atoms. The number of nitrogens with one attached hydrogen (secondary N) is 2. The molecule has 0 amide bonds. The normalized spacial score (nSPS) is 16.2. The van der Waals surface area contributed by atoms with Crippen LogP contribution in [-0.2, 0) is 26.4 Å². The van der Waals surface area contributed by atoms with Crippen molar-refractivity contribution in [2.75, 3.05) is 10.6 Å². The van der Waals surface area contributed by atoms with E-state index in [2.05, 4.69) is 20.6 Å². The van der Waals surface area contributed by atoms with Crippen molar-refractivity contribution in [2.24, 2.45) is 0 Å². The van der Waals surface area contributed by atoms with Gasteiger partial charge in [-0.15, -0.1) is 0 Å². The minimum Gasteiger partial charge on any atom is -0.337 e. The van der Waals surface area contributed by atoms with E-state index >= 15 is 0 Å². The van der Waals surface area contributed by atoms with Crippen LogP contribution in [0.25, 0.3) is 20.4 Å². The first-order valence-corrected chi connectivity index (χ1v) is 12.7. The number of rotatable bonds is 4. The number of hydrogen-bond donors (Lipinski definition) is 2. The number of hydrogen-bond acceptors (Lipinski definition) is 8. The number of para-hydroxylation sites is 2. The van der Waals surface area contributed by atoms with Crippen LogP contribution in [-0.4, -0.2) is 21.5 Å². The van der Waals surface area contributed by atoms with E-state index in [1.54, 1.807) is 71.5 Å². The Balaban J connectivity index is 0.000000168. The molecule has 6 nitrogen and oxygen atoms in total. The molecule has 2 heterocycles. The van der Waals surface area contributed by atoms with Crippen LogP contribution >= 0.6 is 22.7 Å². The van der Waals surface area contributed by atoms with Crippen LogP contribution in [0.15, 0.2) is 121 Å². The van der Waals surface area contributed by atoms with Gasteiger partial charge < -0.3 is 10.6 Å². The van der Waals surface area contributed by atoms with Crippen molar-refractivity contribution in [1.29, 1.82) is 0 Å². The first-order chi connectivity index (χ1) is 17.7. The summed E-state index contributed by atoms with van der Waals surface area (Å²) < 4.78 is 2.26. The van der Waals surface area contributed by atoms with E-state index in [1.807, 2.05) is 60.7 Å². The van der Waals surface area contributed by atoms with Crippen molar-refractivity contribution in [3.05, 3.63) is 121 Å². The molecule has 0 saturated carbocycles. The molecule has 2 aliphatic carbocycles. The van der Waals surface area contributed by atoms with E-state index < -0.39 is 0 Å². The van der Waals surface area contributed by atoms with Crippen molar-refractivity contribution in [3.63, 3.8) is 0 Å². The number of aromatic nitrogens is 2. The van der Waals surface area contributed by atoms with Gasteiger partial charge in [-0.3, -0.25) is 9.59 Å². The summed E-state index contributed by atoms with van der Waals surface area (Å²) in [6.07, 6.45) is 17.2. The maximum absolute atomic E-state index is 11.5. The number of anilines is 2. The van der Waals surface area contributed by atoms with E-state index in [9.17, 15) is 9.59 Å². The van der Waals surface area contributed by atoms with Crippen LogP contribution < -0.4 is 10.6 Å². The molecule has 6 rings (SSSR count). The second-order valence-electron chi connectivity index (χ2n) is 7.63. The van der Waals surface area contributed by atoms with Gasteiger partial charge in [-0.2, -0.15) is 0 Å². The van der Waals surface area contributed by atoms with Crippen LogP contribution in [0.5, 0.6) is 0 Å². The van der Waals surface area contributed by atoms with Gasteiger partial charge in [0.1, 0.15) is 0 Å². The molecular formula is C28H20CoN4O2S2. The molecule has 1 radical (unpaired) electrons. The molecule has 0 bridgehead atoms. The quantitative estimate of drug-likeness (QED) is 0.272. The van der Waals surface area contributed by atoms with Gasteiger partial charge in [0.25, 0.3) is 0 Å². The predicted octanol–water partition coefficient (Wildman–Crippen LogP) is 6.57. The summed E-state index contributed by atoms with van der Waals surface area (Å²) in [5, 5.41) is 7.73. The number of carbonyl (C=O) groups is 2. The largest absolute Gasteiger partial charge is 0.337 e. The Labute approximate surface area is 231 Å². The Bertz CT molecular complexity index is 1450. The summed E-state index contributed by atoms with van der Waals surface area (Å²) in [5.41, 5.74) is 3.20. The maximum Gasteiger partial charge on any atom is 0.187 e. The SMILES string of the molecule is O=C1C=CC=CC1=CNc1nc2ccccc2s1.O=C1C=CC=CC1=CNc1nc2ccccc2s1.[Co]. The molecule has 37 heavy (non-hydrogen) atoms. The number of thiazole rings is 2. The number of nitrogens with zero attached hydrogens (tertiary/aromatic N) is 2. The van der Waals surface area contributed by atoms with E-state index in [1.165, 1.54) is 0 Å². The average Bonchev–Trinajstić information content (AvgIpc) is 3.51. The first-order valence-electron chi connectivity index (χ1n) is 11.1. The smallest absolute Gasteiger partial charge is 0.187 e. The Morgan fingerprint density at radius 3 is 1.41 bits per heavy atom. The molecule has 2 aromatic heterocycles. The first kappa shape index (κ1) is 26.2. The van der Waals surface area contributed by atoms with Crippen LogP contribution in [0.3, 0.4) is 0 Å².